The molecule has 0 heterocycles. The molecule has 0 aliphatic heterocycles. The third-order valence-corrected chi connectivity index (χ3v) is 1.69. The predicted octanol–water partition coefficient (Wildman–Crippen LogP) is 3.42. The maximum atomic E-state index is 5.43. The highest BCUT2D eigenvalue weighted by atomic mass is 16.5. The van der Waals surface area contributed by atoms with E-state index in [0.29, 0.717) is 0 Å². The van der Waals surface area contributed by atoms with Crippen molar-refractivity contribution < 1.29 is 4.74 Å². The molecule has 0 aliphatic carbocycles. The van der Waals surface area contributed by atoms with Crippen molar-refractivity contribution in [2.45, 2.75) is 27.4 Å². The number of rotatable bonds is 3. The molecule has 68 valence electrons. The van der Waals surface area contributed by atoms with Gasteiger partial charge in [-0.2, -0.15) is 0 Å². The molecule has 1 nitrogen and oxygen atoms in total. The van der Waals surface area contributed by atoms with Crippen molar-refractivity contribution in [1.29, 1.82) is 0 Å². The molecule has 1 aromatic rings. The summed E-state index contributed by atoms with van der Waals surface area (Å²) in [6, 6.07) is 10.2. The highest BCUT2D eigenvalue weighted by Crippen LogP contribution is 2.14. The van der Waals surface area contributed by atoms with Crippen molar-refractivity contribution in [2.75, 3.05) is 6.61 Å². The lowest BCUT2D eigenvalue weighted by Gasteiger charge is -2.10. The second-order valence-corrected chi connectivity index (χ2v) is 2.51. The lowest BCUT2D eigenvalue weighted by atomic mass is 10.1. The van der Waals surface area contributed by atoms with Crippen LogP contribution in [0.3, 0.4) is 0 Å². The first-order chi connectivity index (χ1) is 5.34. The molecule has 1 heteroatoms. The van der Waals surface area contributed by atoms with Crippen molar-refractivity contribution in [3.63, 3.8) is 0 Å². The molecule has 0 N–H and O–H groups in total. The normalized spacial score (nSPS) is 11.8. The minimum Gasteiger partial charge on any atom is -0.374 e. The van der Waals surface area contributed by atoms with E-state index in [1.54, 1.807) is 0 Å². The van der Waals surface area contributed by atoms with Crippen LogP contribution in [0, 0.1) is 0 Å². The zero-order valence-corrected chi connectivity index (χ0v) is 7.08. The Morgan fingerprint density at radius 1 is 1.25 bits per heavy atom. The highest BCUT2D eigenvalue weighted by molar-refractivity contribution is 5.16. The molecule has 1 unspecified atom stereocenters. The lowest BCUT2D eigenvalue weighted by Crippen LogP contribution is -1.98. The van der Waals surface area contributed by atoms with Gasteiger partial charge in [0.15, 0.2) is 0 Å². The smallest absolute Gasteiger partial charge is 0.0796 e. The highest BCUT2D eigenvalue weighted by Gasteiger charge is 2.01. The standard InChI is InChI=1S/C10H14O.CH4/c1-3-11-9(2)10-7-5-4-6-8-10;/h4-9H,3H2,1-2H3;1H4. The summed E-state index contributed by atoms with van der Waals surface area (Å²) in [4.78, 5) is 0. The molecule has 0 bridgehead atoms. The molecule has 1 rings (SSSR count). The summed E-state index contributed by atoms with van der Waals surface area (Å²) in [6.45, 7) is 4.86. The van der Waals surface area contributed by atoms with Gasteiger partial charge in [-0.05, 0) is 19.4 Å². The van der Waals surface area contributed by atoms with E-state index in [0.717, 1.165) is 6.61 Å². The van der Waals surface area contributed by atoms with E-state index in [1.807, 2.05) is 25.1 Å². The topological polar surface area (TPSA) is 9.23 Å². The molecule has 0 radical (unpaired) electrons. The maximum Gasteiger partial charge on any atom is 0.0796 e. The van der Waals surface area contributed by atoms with E-state index in [-0.39, 0.29) is 13.5 Å². The van der Waals surface area contributed by atoms with Gasteiger partial charge in [-0.1, -0.05) is 37.8 Å². The molecule has 0 amide bonds. The molecular weight excluding hydrogens is 148 g/mol. The van der Waals surface area contributed by atoms with Crippen LogP contribution in [-0.2, 0) is 4.74 Å². The van der Waals surface area contributed by atoms with Crippen LogP contribution in [0.2, 0.25) is 0 Å². The molecule has 0 fully saturated rings. The Kier molecular flexibility index (Phi) is 5.39. The molecule has 12 heavy (non-hydrogen) atoms. The van der Waals surface area contributed by atoms with Crippen LogP contribution in [-0.4, -0.2) is 6.61 Å². The van der Waals surface area contributed by atoms with Gasteiger partial charge >= 0.3 is 0 Å². The summed E-state index contributed by atoms with van der Waals surface area (Å²) >= 11 is 0. The van der Waals surface area contributed by atoms with Gasteiger partial charge in [-0.15, -0.1) is 0 Å². The van der Waals surface area contributed by atoms with Crippen LogP contribution >= 0.6 is 0 Å². The van der Waals surface area contributed by atoms with Gasteiger partial charge in [0.05, 0.1) is 6.10 Å². The largest absolute Gasteiger partial charge is 0.374 e. The molecule has 0 aromatic heterocycles. The third-order valence-electron chi connectivity index (χ3n) is 1.69. The molecule has 1 aromatic carbocycles. The molecule has 1 atom stereocenters. The Labute approximate surface area is 75.4 Å². The van der Waals surface area contributed by atoms with Gasteiger partial charge in [0.25, 0.3) is 0 Å². The van der Waals surface area contributed by atoms with Crippen LogP contribution in [0.15, 0.2) is 30.3 Å². The van der Waals surface area contributed by atoms with Crippen LogP contribution in [0.4, 0.5) is 0 Å². The van der Waals surface area contributed by atoms with Crippen LogP contribution in [0.5, 0.6) is 0 Å². The summed E-state index contributed by atoms with van der Waals surface area (Å²) in [5, 5.41) is 0. The average Bonchev–Trinajstić information content (AvgIpc) is 2.07. The van der Waals surface area contributed by atoms with E-state index in [2.05, 4.69) is 19.1 Å². The first-order valence-corrected chi connectivity index (χ1v) is 4.01. The monoisotopic (exact) mass is 166 g/mol. The quantitative estimate of drug-likeness (QED) is 0.668. The third kappa shape index (κ3) is 3.05. The van der Waals surface area contributed by atoms with Gasteiger partial charge < -0.3 is 4.74 Å². The van der Waals surface area contributed by atoms with Crippen LogP contribution in [0.1, 0.15) is 32.9 Å². The summed E-state index contributed by atoms with van der Waals surface area (Å²) in [7, 11) is 0. The summed E-state index contributed by atoms with van der Waals surface area (Å²) < 4.78 is 5.43. The summed E-state index contributed by atoms with van der Waals surface area (Å²) in [6.07, 6.45) is 0.223. The summed E-state index contributed by atoms with van der Waals surface area (Å²) in [5.74, 6) is 0. The van der Waals surface area contributed by atoms with Gasteiger partial charge in [0, 0.05) is 6.61 Å². The van der Waals surface area contributed by atoms with Gasteiger partial charge in [0.2, 0.25) is 0 Å². The van der Waals surface area contributed by atoms with Gasteiger partial charge in [-0.3, -0.25) is 0 Å². The van der Waals surface area contributed by atoms with Crippen molar-refractivity contribution in [2.24, 2.45) is 0 Å². The number of hydrogen-bond acceptors (Lipinski definition) is 1. The second-order valence-electron chi connectivity index (χ2n) is 2.51. The van der Waals surface area contributed by atoms with E-state index >= 15 is 0 Å². The van der Waals surface area contributed by atoms with E-state index in [1.165, 1.54) is 5.56 Å². The Bertz CT molecular complexity index is 193. The molecule has 0 aliphatic rings. The SMILES string of the molecule is C.CCOC(C)c1ccccc1. The second kappa shape index (κ2) is 5.78. The van der Waals surface area contributed by atoms with Crippen molar-refractivity contribution in [3.05, 3.63) is 35.9 Å². The Hall–Kier alpha value is -0.820. The Balaban J connectivity index is 0.00000121. The molecule has 0 saturated carbocycles. The van der Waals surface area contributed by atoms with Crippen molar-refractivity contribution in [3.8, 4) is 0 Å². The maximum absolute atomic E-state index is 5.43. The van der Waals surface area contributed by atoms with Crippen LogP contribution in [0.25, 0.3) is 0 Å². The predicted molar refractivity (Wildman–Crippen MR) is 53.2 cm³/mol. The zero-order chi connectivity index (χ0) is 8.10. The number of benzene rings is 1. The fraction of sp³-hybridized carbons (Fsp3) is 0.455. The molecule has 0 spiro atoms. The summed E-state index contributed by atoms with van der Waals surface area (Å²) in [5.41, 5.74) is 1.24. The van der Waals surface area contributed by atoms with E-state index in [9.17, 15) is 0 Å². The van der Waals surface area contributed by atoms with E-state index in [4.69, 9.17) is 4.74 Å². The Morgan fingerprint density at radius 3 is 2.33 bits per heavy atom. The fourth-order valence-electron chi connectivity index (χ4n) is 1.07. The molecule has 0 saturated heterocycles. The zero-order valence-electron chi connectivity index (χ0n) is 7.08. The minimum atomic E-state index is 0. The van der Waals surface area contributed by atoms with Gasteiger partial charge in [-0.25, -0.2) is 0 Å². The average molecular weight is 166 g/mol. The number of ether oxygens (including phenoxy) is 1. The molecular formula is C11H18O. The van der Waals surface area contributed by atoms with Gasteiger partial charge in [0.1, 0.15) is 0 Å². The minimum absolute atomic E-state index is 0. The lowest BCUT2D eigenvalue weighted by molar-refractivity contribution is 0.0764. The fourth-order valence-corrected chi connectivity index (χ4v) is 1.07. The van der Waals surface area contributed by atoms with E-state index < -0.39 is 0 Å². The van der Waals surface area contributed by atoms with Crippen molar-refractivity contribution >= 4 is 0 Å². The van der Waals surface area contributed by atoms with Crippen LogP contribution < -0.4 is 0 Å². The first-order valence-electron chi connectivity index (χ1n) is 4.01. The van der Waals surface area contributed by atoms with Crippen molar-refractivity contribution in [1.82, 2.24) is 0 Å². The first kappa shape index (κ1) is 11.2. The number of hydrogen-bond donors (Lipinski definition) is 0. The Morgan fingerprint density at radius 2 is 1.83 bits per heavy atom.